The van der Waals surface area contributed by atoms with Crippen LogP contribution in [0.4, 0.5) is 18.9 Å². The van der Waals surface area contributed by atoms with Gasteiger partial charge in [0.1, 0.15) is 17.5 Å². The second kappa shape index (κ2) is 8.67. The molecule has 0 saturated heterocycles. The van der Waals surface area contributed by atoms with Gasteiger partial charge in [-0.15, -0.1) is 0 Å². The Bertz CT molecular complexity index is 974. The summed E-state index contributed by atoms with van der Waals surface area (Å²) in [4.78, 5) is 15.1. The molecular formula is C21H18F3N3O. The molecule has 3 rings (SSSR count). The zero-order chi connectivity index (χ0) is 20.1. The maximum atomic E-state index is 13.8. The van der Waals surface area contributed by atoms with E-state index in [0.717, 1.165) is 6.07 Å². The van der Waals surface area contributed by atoms with Crippen molar-refractivity contribution in [2.24, 2.45) is 0 Å². The standard InChI is InChI=1S/C21H18F3N3O/c1-25-20(9-13-7-15(22)11-16(23)8-13)21-17(3-2-6-26-21)14-4-5-18(24)19(10-14)27-12-28/h2-8,10-12,20,25H,9H2,1H3,(H,27,28). The van der Waals surface area contributed by atoms with Crippen LogP contribution in [0.1, 0.15) is 17.3 Å². The molecule has 144 valence electrons. The number of hydrogen-bond acceptors (Lipinski definition) is 3. The lowest BCUT2D eigenvalue weighted by Gasteiger charge is -2.20. The van der Waals surface area contributed by atoms with Crippen molar-refractivity contribution in [1.82, 2.24) is 10.3 Å². The summed E-state index contributed by atoms with van der Waals surface area (Å²) in [6.07, 6.45) is 2.32. The zero-order valence-corrected chi connectivity index (χ0v) is 15.0. The minimum atomic E-state index is -0.644. The predicted molar refractivity (Wildman–Crippen MR) is 101 cm³/mol. The van der Waals surface area contributed by atoms with Gasteiger partial charge in [0, 0.05) is 17.8 Å². The van der Waals surface area contributed by atoms with E-state index < -0.39 is 17.5 Å². The Hall–Kier alpha value is -3.19. The summed E-state index contributed by atoms with van der Waals surface area (Å²) in [5, 5.41) is 5.44. The lowest BCUT2D eigenvalue weighted by atomic mass is 9.95. The Morgan fingerprint density at radius 1 is 1.07 bits per heavy atom. The first-order chi connectivity index (χ1) is 13.5. The van der Waals surface area contributed by atoms with Gasteiger partial charge in [-0.3, -0.25) is 9.78 Å². The number of carbonyl (C=O) groups is 1. The summed E-state index contributed by atoms with van der Waals surface area (Å²) in [7, 11) is 1.73. The summed E-state index contributed by atoms with van der Waals surface area (Å²) in [6, 6.07) is 10.9. The van der Waals surface area contributed by atoms with Crippen LogP contribution in [0.5, 0.6) is 0 Å². The van der Waals surface area contributed by atoms with E-state index in [1.165, 1.54) is 24.3 Å². The second-order valence-corrected chi connectivity index (χ2v) is 6.22. The molecule has 1 amide bonds. The van der Waals surface area contributed by atoms with Crippen LogP contribution < -0.4 is 10.6 Å². The quantitative estimate of drug-likeness (QED) is 0.598. The van der Waals surface area contributed by atoms with E-state index in [0.29, 0.717) is 35.2 Å². The minimum Gasteiger partial charge on any atom is -0.326 e. The molecule has 1 heterocycles. The molecule has 1 atom stereocenters. The number of aromatic nitrogens is 1. The van der Waals surface area contributed by atoms with E-state index in [-0.39, 0.29) is 11.7 Å². The van der Waals surface area contributed by atoms with Gasteiger partial charge in [-0.05, 0) is 54.9 Å². The average molecular weight is 385 g/mol. The summed E-state index contributed by atoms with van der Waals surface area (Å²) in [6.45, 7) is 0. The molecule has 28 heavy (non-hydrogen) atoms. The van der Waals surface area contributed by atoms with Crippen LogP contribution in [0.25, 0.3) is 11.1 Å². The molecule has 2 N–H and O–H groups in total. The highest BCUT2D eigenvalue weighted by Crippen LogP contribution is 2.31. The molecule has 0 saturated carbocycles. The highest BCUT2D eigenvalue weighted by atomic mass is 19.1. The highest BCUT2D eigenvalue weighted by Gasteiger charge is 2.18. The van der Waals surface area contributed by atoms with Gasteiger partial charge >= 0.3 is 0 Å². The number of anilines is 1. The maximum absolute atomic E-state index is 13.8. The van der Waals surface area contributed by atoms with Crippen LogP contribution >= 0.6 is 0 Å². The third kappa shape index (κ3) is 4.37. The first kappa shape index (κ1) is 19.6. The van der Waals surface area contributed by atoms with Crippen LogP contribution in [0.15, 0.2) is 54.7 Å². The smallest absolute Gasteiger partial charge is 0.211 e. The summed E-state index contributed by atoms with van der Waals surface area (Å²) < 4.78 is 40.9. The third-order valence-corrected chi connectivity index (χ3v) is 4.37. The molecule has 0 spiro atoms. The number of nitrogens with zero attached hydrogens (tertiary/aromatic N) is 1. The van der Waals surface area contributed by atoms with Crippen molar-refractivity contribution in [2.45, 2.75) is 12.5 Å². The zero-order valence-electron chi connectivity index (χ0n) is 15.0. The Labute approximate surface area is 160 Å². The van der Waals surface area contributed by atoms with E-state index >= 15 is 0 Å². The monoisotopic (exact) mass is 385 g/mol. The molecule has 1 aromatic heterocycles. The molecule has 0 fully saturated rings. The molecule has 2 aromatic carbocycles. The average Bonchev–Trinajstić information content (AvgIpc) is 2.67. The third-order valence-electron chi connectivity index (χ3n) is 4.37. The largest absolute Gasteiger partial charge is 0.326 e. The topological polar surface area (TPSA) is 54.0 Å². The molecule has 3 aromatic rings. The summed E-state index contributed by atoms with van der Waals surface area (Å²) in [5.41, 5.74) is 2.54. The number of pyridine rings is 1. The van der Waals surface area contributed by atoms with Gasteiger partial charge in [-0.2, -0.15) is 0 Å². The Kier molecular flexibility index (Phi) is 6.06. The Balaban J connectivity index is 2.00. The van der Waals surface area contributed by atoms with E-state index in [9.17, 15) is 18.0 Å². The van der Waals surface area contributed by atoms with Crippen molar-refractivity contribution in [3.63, 3.8) is 0 Å². The van der Waals surface area contributed by atoms with Crippen LogP contribution in [0.3, 0.4) is 0 Å². The predicted octanol–water partition coefficient (Wildman–Crippen LogP) is 4.24. The number of carbonyl (C=O) groups excluding carboxylic acids is 1. The fraction of sp³-hybridized carbons (Fsp3) is 0.143. The van der Waals surface area contributed by atoms with Crippen molar-refractivity contribution < 1.29 is 18.0 Å². The van der Waals surface area contributed by atoms with Gasteiger partial charge in [-0.25, -0.2) is 13.2 Å². The number of rotatable bonds is 7. The van der Waals surface area contributed by atoms with Crippen molar-refractivity contribution in [2.75, 3.05) is 12.4 Å². The number of amides is 1. The molecule has 0 aliphatic heterocycles. The number of halogens is 3. The fourth-order valence-corrected chi connectivity index (χ4v) is 3.11. The van der Waals surface area contributed by atoms with Gasteiger partial charge in [-0.1, -0.05) is 12.1 Å². The molecule has 7 heteroatoms. The lowest BCUT2D eigenvalue weighted by molar-refractivity contribution is -0.105. The normalized spacial score (nSPS) is 11.9. The molecule has 0 aliphatic carbocycles. The number of nitrogens with one attached hydrogen (secondary N) is 2. The molecule has 0 aliphatic rings. The summed E-state index contributed by atoms with van der Waals surface area (Å²) in [5.74, 6) is -1.84. The number of likely N-dealkylation sites (N-methyl/N-ethyl adjacent to an activating group) is 1. The van der Waals surface area contributed by atoms with Gasteiger partial charge in [0.2, 0.25) is 6.41 Å². The van der Waals surface area contributed by atoms with Crippen molar-refractivity contribution >= 4 is 12.1 Å². The minimum absolute atomic E-state index is 0.0514. The highest BCUT2D eigenvalue weighted by molar-refractivity contribution is 5.77. The first-order valence-electron chi connectivity index (χ1n) is 8.59. The van der Waals surface area contributed by atoms with Crippen LogP contribution in [-0.4, -0.2) is 18.4 Å². The van der Waals surface area contributed by atoms with E-state index in [2.05, 4.69) is 15.6 Å². The first-order valence-corrected chi connectivity index (χ1v) is 8.59. The van der Waals surface area contributed by atoms with Crippen LogP contribution in [0.2, 0.25) is 0 Å². The lowest BCUT2D eigenvalue weighted by Crippen LogP contribution is -2.21. The Morgan fingerprint density at radius 2 is 1.82 bits per heavy atom. The molecular weight excluding hydrogens is 367 g/mol. The number of benzene rings is 2. The SMILES string of the molecule is CNC(Cc1cc(F)cc(F)c1)c1ncccc1-c1ccc(F)c(NC=O)c1. The van der Waals surface area contributed by atoms with Crippen molar-refractivity contribution in [3.8, 4) is 11.1 Å². The van der Waals surface area contributed by atoms with Crippen molar-refractivity contribution in [1.29, 1.82) is 0 Å². The number of hydrogen-bond donors (Lipinski definition) is 2. The molecule has 4 nitrogen and oxygen atoms in total. The van der Waals surface area contributed by atoms with Gasteiger partial charge in [0.15, 0.2) is 0 Å². The molecule has 0 radical (unpaired) electrons. The van der Waals surface area contributed by atoms with E-state index in [1.54, 1.807) is 25.4 Å². The molecule has 1 unspecified atom stereocenters. The fourth-order valence-electron chi connectivity index (χ4n) is 3.11. The van der Waals surface area contributed by atoms with Crippen LogP contribution in [-0.2, 0) is 11.2 Å². The van der Waals surface area contributed by atoms with E-state index in [4.69, 9.17) is 0 Å². The van der Waals surface area contributed by atoms with Crippen LogP contribution in [0, 0.1) is 17.5 Å². The van der Waals surface area contributed by atoms with Gasteiger partial charge in [0.25, 0.3) is 0 Å². The second-order valence-electron chi connectivity index (χ2n) is 6.22. The van der Waals surface area contributed by atoms with Crippen molar-refractivity contribution in [3.05, 3.63) is 83.4 Å². The Morgan fingerprint density at radius 3 is 2.50 bits per heavy atom. The van der Waals surface area contributed by atoms with E-state index in [1.807, 2.05) is 6.07 Å². The maximum Gasteiger partial charge on any atom is 0.211 e. The van der Waals surface area contributed by atoms with Gasteiger partial charge in [0.05, 0.1) is 17.4 Å². The molecule has 0 bridgehead atoms. The van der Waals surface area contributed by atoms with Gasteiger partial charge < -0.3 is 10.6 Å². The summed E-state index contributed by atoms with van der Waals surface area (Å²) >= 11 is 0.